The van der Waals surface area contributed by atoms with Crippen LogP contribution in [0.2, 0.25) is 0 Å². The molecule has 0 fully saturated rings. The first-order chi connectivity index (χ1) is 12.1. The SMILES string of the molecule is CCN(Cc1ccc2c(c1)OCCO2)C(=S)Nc1cc(C)ccc1C. The van der Waals surface area contributed by atoms with Crippen molar-refractivity contribution in [2.24, 2.45) is 0 Å². The molecular formula is C20H24N2O2S. The lowest BCUT2D eigenvalue weighted by Crippen LogP contribution is -2.34. The van der Waals surface area contributed by atoms with Crippen LogP contribution in [0.15, 0.2) is 36.4 Å². The van der Waals surface area contributed by atoms with Gasteiger partial charge in [0.2, 0.25) is 0 Å². The molecule has 1 heterocycles. The maximum atomic E-state index is 5.67. The van der Waals surface area contributed by atoms with E-state index in [1.807, 2.05) is 12.1 Å². The number of nitrogens with zero attached hydrogens (tertiary/aromatic N) is 1. The zero-order chi connectivity index (χ0) is 17.8. The molecule has 2 aromatic carbocycles. The second-order valence-corrected chi connectivity index (χ2v) is 6.63. The third kappa shape index (κ3) is 4.23. The van der Waals surface area contributed by atoms with E-state index in [-0.39, 0.29) is 0 Å². The summed E-state index contributed by atoms with van der Waals surface area (Å²) in [5.74, 6) is 1.63. The Labute approximate surface area is 154 Å². The van der Waals surface area contributed by atoms with Gasteiger partial charge in [0.15, 0.2) is 16.6 Å². The highest BCUT2D eigenvalue weighted by molar-refractivity contribution is 7.80. The third-order valence-electron chi connectivity index (χ3n) is 4.28. The van der Waals surface area contributed by atoms with Gasteiger partial charge in [-0.1, -0.05) is 18.2 Å². The summed E-state index contributed by atoms with van der Waals surface area (Å²) in [6.45, 7) is 9.03. The number of nitrogens with one attached hydrogen (secondary N) is 1. The molecule has 2 aromatic rings. The molecule has 0 spiro atoms. The number of anilines is 1. The van der Waals surface area contributed by atoms with E-state index in [0.717, 1.165) is 41.0 Å². The number of benzene rings is 2. The van der Waals surface area contributed by atoms with Crippen LogP contribution in [-0.2, 0) is 6.54 Å². The summed E-state index contributed by atoms with van der Waals surface area (Å²) in [7, 11) is 0. The average Bonchev–Trinajstić information content (AvgIpc) is 2.62. The highest BCUT2D eigenvalue weighted by Gasteiger charge is 2.14. The fourth-order valence-electron chi connectivity index (χ4n) is 2.80. The predicted molar refractivity (Wildman–Crippen MR) is 106 cm³/mol. The molecule has 1 aliphatic heterocycles. The number of hydrogen-bond acceptors (Lipinski definition) is 3. The summed E-state index contributed by atoms with van der Waals surface area (Å²) in [5, 5.41) is 4.11. The lowest BCUT2D eigenvalue weighted by Gasteiger charge is -2.26. The largest absolute Gasteiger partial charge is 0.486 e. The van der Waals surface area contributed by atoms with E-state index in [0.29, 0.717) is 13.2 Å². The van der Waals surface area contributed by atoms with Gasteiger partial charge >= 0.3 is 0 Å². The summed E-state index contributed by atoms with van der Waals surface area (Å²) in [5.41, 5.74) is 4.61. The lowest BCUT2D eigenvalue weighted by molar-refractivity contribution is 0.171. The summed E-state index contributed by atoms with van der Waals surface area (Å²) in [6, 6.07) is 12.4. The second-order valence-electron chi connectivity index (χ2n) is 6.24. The normalized spacial score (nSPS) is 12.6. The van der Waals surface area contributed by atoms with E-state index >= 15 is 0 Å². The Balaban J connectivity index is 1.71. The summed E-state index contributed by atoms with van der Waals surface area (Å²) >= 11 is 5.64. The average molecular weight is 356 g/mol. The van der Waals surface area contributed by atoms with Crippen LogP contribution >= 0.6 is 12.2 Å². The van der Waals surface area contributed by atoms with Crippen LogP contribution in [-0.4, -0.2) is 29.8 Å². The smallest absolute Gasteiger partial charge is 0.173 e. The van der Waals surface area contributed by atoms with E-state index in [2.05, 4.69) is 55.3 Å². The molecule has 0 unspecified atom stereocenters. The van der Waals surface area contributed by atoms with Gasteiger partial charge in [-0.25, -0.2) is 0 Å². The highest BCUT2D eigenvalue weighted by Crippen LogP contribution is 2.31. The minimum absolute atomic E-state index is 0.598. The highest BCUT2D eigenvalue weighted by atomic mass is 32.1. The molecular weight excluding hydrogens is 332 g/mol. The molecule has 0 bridgehead atoms. The lowest BCUT2D eigenvalue weighted by atomic mass is 10.1. The third-order valence-corrected chi connectivity index (χ3v) is 4.64. The second kappa shape index (κ2) is 7.74. The minimum Gasteiger partial charge on any atom is -0.486 e. The molecule has 5 heteroatoms. The molecule has 25 heavy (non-hydrogen) atoms. The van der Waals surface area contributed by atoms with Gasteiger partial charge in [-0.3, -0.25) is 0 Å². The molecule has 0 saturated heterocycles. The van der Waals surface area contributed by atoms with Crippen LogP contribution in [0.5, 0.6) is 11.5 Å². The summed E-state index contributed by atoms with van der Waals surface area (Å²) < 4.78 is 11.3. The van der Waals surface area contributed by atoms with Crippen LogP contribution in [0.4, 0.5) is 5.69 Å². The van der Waals surface area contributed by atoms with Gasteiger partial charge in [0.25, 0.3) is 0 Å². The van der Waals surface area contributed by atoms with E-state index in [1.165, 1.54) is 11.1 Å². The van der Waals surface area contributed by atoms with Gasteiger partial charge < -0.3 is 19.7 Å². The van der Waals surface area contributed by atoms with Crippen LogP contribution in [0, 0.1) is 13.8 Å². The molecule has 4 nitrogen and oxygen atoms in total. The number of ether oxygens (including phenoxy) is 2. The van der Waals surface area contributed by atoms with Crippen molar-refractivity contribution in [1.29, 1.82) is 0 Å². The van der Waals surface area contributed by atoms with Gasteiger partial charge in [-0.05, 0) is 67.9 Å². The fraction of sp³-hybridized carbons (Fsp3) is 0.350. The number of thiocarbonyl (C=S) groups is 1. The molecule has 0 aromatic heterocycles. The van der Waals surface area contributed by atoms with Gasteiger partial charge in [-0.2, -0.15) is 0 Å². The standard InChI is InChI=1S/C20H24N2O2S/c1-4-22(20(25)21-17-11-14(2)5-6-15(17)3)13-16-7-8-18-19(12-16)24-10-9-23-18/h5-8,11-12H,4,9-10,13H2,1-3H3,(H,21,25). The van der Waals surface area contributed by atoms with Crippen molar-refractivity contribution in [3.8, 4) is 11.5 Å². The van der Waals surface area contributed by atoms with Crippen molar-refractivity contribution >= 4 is 23.0 Å². The first-order valence-corrected chi connectivity index (χ1v) is 8.99. The zero-order valence-electron chi connectivity index (χ0n) is 15.0. The van der Waals surface area contributed by atoms with Crippen LogP contribution < -0.4 is 14.8 Å². The molecule has 1 N–H and O–H groups in total. The Morgan fingerprint density at radius 1 is 1.08 bits per heavy atom. The van der Waals surface area contributed by atoms with Crippen LogP contribution in [0.3, 0.4) is 0 Å². The summed E-state index contributed by atoms with van der Waals surface area (Å²) in [6.07, 6.45) is 0. The maximum absolute atomic E-state index is 5.67. The van der Waals surface area contributed by atoms with E-state index in [4.69, 9.17) is 21.7 Å². The summed E-state index contributed by atoms with van der Waals surface area (Å²) in [4.78, 5) is 2.14. The van der Waals surface area contributed by atoms with Crippen molar-refractivity contribution in [3.05, 3.63) is 53.1 Å². The van der Waals surface area contributed by atoms with Crippen molar-refractivity contribution in [3.63, 3.8) is 0 Å². The van der Waals surface area contributed by atoms with E-state index < -0.39 is 0 Å². The van der Waals surface area contributed by atoms with Gasteiger partial charge in [-0.15, -0.1) is 0 Å². The van der Waals surface area contributed by atoms with Gasteiger partial charge in [0, 0.05) is 18.8 Å². The van der Waals surface area contributed by atoms with Gasteiger partial charge in [0.05, 0.1) is 0 Å². The predicted octanol–water partition coefficient (Wildman–Crippen LogP) is 4.29. The maximum Gasteiger partial charge on any atom is 0.173 e. The Hall–Kier alpha value is -2.27. The molecule has 0 atom stereocenters. The Morgan fingerprint density at radius 2 is 1.84 bits per heavy atom. The first kappa shape index (κ1) is 17.5. The fourth-order valence-corrected chi connectivity index (χ4v) is 3.10. The molecule has 0 saturated carbocycles. The van der Waals surface area contributed by atoms with Crippen LogP contribution in [0.25, 0.3) is 0 Å². The molecule has 132 valence electrons. The van der Waals surface area contributed by atoms with E-state index in [9.17, 15) is 0 Å². The molecule has 1 aliphatic rings. The van der Waals surface area contributed by atoms with Crippen molar-refractivity contribution < 1.29 is 9.47 Å². The van der Waals surface area contributed by atoms with Crippen LogP contribution in [0.1, 0.15) is 23.6 Å². The van der Waals surface area contributed by atoms with Gasteiger partial charge in [0.1, 0.15) is 13.2 Å². The quantitative estimate of drug-likeness (QED) is 0.827. The number of aryl methyl sites for hydroxylation is 2. The number of fused-ring (bicyclic) bond motifs is 1. The van der Waals surface area contributed by atoms with Crippen molar-refractivity contribution in [2.75, 3.05) is 25.1 Å². The Morgan fingerprint density at radius 3 is 2.60 bits per heavy atom. The van der Waals surface area contributed by atoms with Crippen molar-refractivity contribution in [2.45, 2.75) is 27.3 Å². The number of hydrogen-bond donors (Lipinski definition) is 1. The molecule has 3 rings (SSSR count). The molecule has 0 amide bonds. The Kier molecular flexibility index (Phi) is 5.43. The molecule has 0 radical (unpaired) electrons. The number of rotatable bonds is 4. The topological polar surface area (TPSA) is 33.7 Å². The monoisotopic (exact) mass is 356 g/mol. The first-order valence-electron chi connectivity index (χ1n) is 8.58. The van der Waals surface area contributed by atoms with Crippen molar-refractivity contribution in [1.82, 2.24) is 4.90 Å². The minimum atomic E-state index is 0.598. The van der Waals surface area contributed by atoms with E-state index in [1.54, 1.807) is 0 Å². The molecule has 0 aliphatic carbocycles. The Bertz CT molecular complexity index is 776. The zero-order valence-corrected chi connectivity index (χ0v) is 15.8.